The molecular formula is C23H29FN4O3S. The number of carbonyl (C=O) groups excluding carboxylic acids is 2. The van der Waals surface area contributed by atoms with Gasteiger partial charge < -0.3 is 15.0 Å². The summed E-state index contributed by atoms with van der Waals surface area (Å²) in [5.74, 6) is -0.210. The van der Waals surface area contributed by atoms with E-state index in [4.69, 9.17) is 4.74 Å². The van der Waals surface area contributed by atoms with E-state index in [1.165, 1.54) is 12.1 Å². The first kappa shape index (κ1) is 22.8. The van der Waals surface area contributed by atoms with Gasteiger partial charge in [0.25, 0.3) is 0 Å². The van der Waals surface area contributed by atoms with Crippen molar-refractivity contribution in [2.24, 2.45) is 0 Å². The summed E-state index contributed by atoms with van der Waals surface area (Å²) >= 11 is 1.56. The van der Waals surface area contributed by atoms with Crippen LogP contribution in [-0.4, -0.2) is 92.1 Å². The second kappa shape index (κ2) is 11.0. The van der Waals surface area contributed by atoms with Crippen LogP contribution in [0.25, 0.3) is 0 Å². The Hall–Kier alpha value is -2.33. The minimum absolute atomic E-state index is 0.0643. The fourth-order valence-corrected chi connectivity index (χ4v) is 4.85. The van der Waals surface area contributed by atoms with Crippen LogP contribution in [-0.2, 0) is 14.3 Å². The van der Waals surface area contributed by atoms with Gasteiger partial charge in [0.1, 0.15) is 5.82 Å². The van der Waals surface area contributed by atoms with Crippen molar-refractivity contribution < 1.29 is 18.7 Å². The van der Waals surface area contributed by atoms with Gasteiger partial charge >= 0.3 is 0 Å². The minimum Gasteiger partial charge on any atom is -0.378 e. The topological polar surface area (TPSA) is 65.1 Å². The Morgan fingerprint density at radius 2 is 1.62 bits per heavy atom. The average molecular weight is 461 g/mol. The first-order valence-electron chi connectivity index (χ1n) is 11.0. The molecule has 2 fully saturated rings. The Morgan fingerprint density at radius 3 is 2.25 bits per heavy atom. The maximum absolute atomic E-state index is 13.4. The molecule has 1 aromatic heterocycles. The number of nitrogens with one attached hydrogen (secondary N) is 1. The number of rotatable bonds is 7. The van der Waals surface area contributed by atoms with Crippen molar-refractivity contribution in [3.63, 3.8) is 0 Å². The van der Waals surface area contributed by atoms with Crippen molar-refractivity contribution in [3.05, 3.63) is 58.0 Å². The monoisotopic (exact) mass is 460 g/mol. The molecular weight excluding hydrogens is 431 g/mol. The third-order valence-corrected chi connectivity index (χ3v) is 6.83. The molecule has 0 radical (unpaired) electrons. The molecule has 1 unspecified atom stereocenters. The molecule has 2 aliphatic rings. The summed E-state index contributed by atoms with van der Waals surface area (Å²) in [5, 5.41) is 5.08. The summed E-state index contributed by atoms with van der Waals surface area (Å²) in [4.78, 5) is 32.4. The van der Waals surface area contributed by atoms with Crippen LogP contribution in [0.15, 0.2) is 41.8 Å². The van der Waals surface area contributed by atoms with Crippen molar-refractivity contribution in [1.29, 1.82) is 0 Å². The molecule has 2 aromatic rings. The van der Waals surface area contributed by atoms with E-state index in [9.17, 15) is 14.0 Å². The number of amides is 2. The average Bonchev–Trinajstić information content (AvgIpc) is 3.35. The molecule has 0 spiro atoms. The zero-order chi connectivity index (χ0) is 22.3. The predicted molar refractivity (Wildman–Crippen MR) is 121 cm³/mol. The lowest BCUT2D eigenvalue weighted by Crippen LogP contribution is -2.53. The molecule has 0 aliphatic carbocycles. The molecule has 2 aliphatic heterocycles. The van der Waals surface area contributed by atoms with Gasteiger partial charge in [0.15, 0.2) is 0 Å². The van der Waals surface area contributed by atoms with Crippen molar-refractivity contribution in [2.45, 2.75) is 6.04 Å². The normalized spacial score (nSPS) is 19.0. The van der Waals surface area contributed by atoms with E-state index in [0.29, 0.717) is 39.4 Å². The van der Waals surface area contributed by atoms with E-state index in [1.807, 2.05) is 22.4 Å². The van der Waals surface area contributed by atoms with Crippen molar-refractivity contribution in [1.82, 2.24) is 20.0 Å². The molecule has 0 saturated carbocycles. The molecule has 172 valence electrons. The van der Waals surface area contributed by atoms with Crippen molar-refractivity contribution >= 4 is 23.2 Å². The summed E-state index contributed by atoms with van der Waals surface area (Å²) in [5.41, 5.74) is 0.855. The highest BCUT2D eigenvalue weighted by molar-refractivity contribution is 7.10. The summed E-state index contributed by atoms with van der Waals surface area (Å²) in [6.45, 7) is 6.27. The number of hydrogen-bond donors (Lipinski definition) is 1. The Bertz CT molecular complexity index is 879. The van der Waals surface area contributed by atoms with Crippen molar-refractivity contribution in [3.8, 4) is 0 Å². The maximum Gasteiger partial charge on any atom is 0.236 e. The third-order valence-electron chi connectivity index (χ3n) is 5.89. The largest absolute Gasteiger partial charge is 0.378 e. The predicted octanol–water partition coefficient (Wildman–Crippen LogP) is 1.57. The van der Waals surface area contributed by atoms with Crippen LogP contribution in [0, 0.1) is 5.82 Å². The lowest BCUT2D eigenvalue weighted by atomic mass is 10.1. The third kappa shape index (κ3) is 6.13. The van der Waals surface area contributed by atoms with Gasteiger partial charge in [0.2, 0.25) is 11.8 Å². The fraction of sp³-hybridized carbons (Fsp3) is 0.478. The van der Waals surface area contributed by atoms with Crippen LogP contribution in [0.1, 0.15) is 16.5 Å². The zero-order valence-corrected chi connectivity index (χ0v) is 18.9. The first-order chi connectivity index (χ1) is 15.6. The van der Waals surface area contributed by atoms with Crippen LogP contribution in [0.5, 0.6) is 0 Å². The van der Waals surface area contributed by atoms with Gasteiger partial charge in [0, 0.05) is 44.1 Å². The summed E-state index contributed by atoms with van der Waals surface area (Å²) < 4.78 is 18.7. The van der Waals surface area contributed by atoms with Gasteiger partial charge in [-0.15, -0.1) is 11.3 Å². The van der Waals surface area contributed by atoms with E-state index in [-0.39, 0.29) is 23.7 Å². The van der Waals surface area contributed by atoms with Gasteiger partial charge in [-0.2, -0.15) is 0 Å². The minimum atomic E-state index is -0.296. The molecule has 9 heteroatoms. The molecule has 1 aromatic carbocycles. The van der Waals surface area contributed by atoms with Crippen LogP contribution in [0.3, 0.4) is 0 Å². The quantitative estimate of drug-likeness (QED) is 0.680. The first-order valence-corrected chi connectivity index (χ1v) is 11.8. The number of ether oxygens (including phenoxy) is 1. The highest BCUT2D eigenvalue weighted by Gasteiger charge is 2.25. The Kier molecular flexibility index (Phi) is 7.85. The van der Waals surface area contributed by atoms with E-state index in [2.05, 4.69) is 15.1 Å². The lowest BCUT2D eigenvalue weighted by Gasteiger charge is -2.35. The van der Waals surface area contributed by atoms with Crippen LogP contribution >= 0.6 is 11.3 Å². The number of halogens is 1. The van der Waals surface area contributed by atoms with Crippen LogP contribution in [0.4, 0.5) is 4.39 Å². The number of morpholine rings is 1. The summed E-state index contributed by atoms with van der Waals surface area (Å²) in [6, 6.07) is 9.88. The summed E-state index contributed by atoms with van der Waals surface area (Å²) in [6.07, 6.45) is 0. The van der Waals surface area contributed by atoms with Crippen LogP contribution in [0.2, 0.25) is 0 Å². The highest BCUT2D eigenvalue weighted by Crippen LogP contribution is 2.26. The molecule has 4 rings (SSSR count). The van der Waals surface area contributed by atoms with Gasteiger partial charge in [-0.25, -0.2) is 4.39 Å². The SMILES string of the molecule is O=C(CN1CCN(CC(=O)N2CCOCC2)CC1)NC(c1ccc(F)cc1)c1cccs1. The number of nitrogens with zero attached hydrogens (tertiary/aromatic N) is 3. The second-order valence-electron chi connectivity index (χ2n) is 8.11. The zero-order valence-electron chi connectivity index (χ0n) is 18.0. The number of benzene rings is 1. The van der Waals surface area contributed by atoms with Gasteiger partial charge in [-0.05, 0) is 29.1 Å². The highest BCUT2D eigenvalue weighted by atomic mass is 32.1. The molecule has 1 atom stereocenters. The summed E-state index contributed by atoms with van der Waals surface area (Å²) in [7, 11) is 0. The maximum atomic E-state index is 13.4. The standard InChI is InChI=1S/C23H29FN4O3S/c24-19-5-3-18(4-6-19)23(20-2-1-15-32-20)25-21(29)16-26-7-9-27(10-8-26)17-22(30)28-11-13-31-14-12-28/h1-6,15,23H,7-14,16-17H2,(H,25,29). The molecule has 2 amide bonds. The number of hydrogen-bond acceptors (Lipinski definition) is 6. The Labute approximate surface area is 191 Å². The lowest BCUT2D eigenvalue weighted by molar-refractivity contribution is -0.137. The molecule has 7 nitrogen and oxygen atoms in total. The smallest absolute Gasteiger partial charge is 0.236 e. The van der Waals surface area contributed by atoms with Crippen LogP contribution < -0.4 is 5.32 Å². The number of thiophene rings is 1. The van der Waals surface area contributed by atoms with Gasteiger partial charge in [-0.1, -0.05) is 18.2 Å². The van der Waals surface area contributed by atoms with E-state index >= 15 is 0 Å². The van der Waals surface area contributed by atoms with Gasteiger partial charge in [-0.3, -0.25) is 19.4 Å². The van der Waals surface area contributed by atoms with Gasteiger partial charge in [0.05, 0.1) is 32.3 Å². The number of carbonyl (C=O) groups is 2. The van der Waals surface area contributed by atoms with E-state index in [1.54, 1.807) is 23.5 Å². The molecule has 3 heterocycles. The molecule has 32 heavy (non-hydrogen) atoms. The second-order valence-corrected chi connectivity index (χ2v) is 9.09. The Balaban J connectivity index is 1.26. The van der Waals surface area contributed by atoms with E-state index in [0.717, 1.165) is 36.6 Å². The van der Waals surface area contributed by atoms with Crippen molar-refractivity contribution in [2.75, 3.05) is 65.6 Å². The fourth-order valence-electron chi connectivity index (χ4n) is 4.05. The molecule has 1 N–H and O–H groups in total. The molecule has 0 bridgehead atoms. The molecule has 2 saturated heterocycles. The van der Waals surface area contributed by atoms with E-state index < -0.39 is 0 Å². The Morgan fingerprint density at radius 1 is 0.969 bits per heavy atom. The number of piperazine rings is 1.